The minimum atomic E-state index is -0.346. The van der Waals surface area contributed by atoms with E-state index in [1.165, 1.54) is 0 Å². The fourth-order valence-corrected chi connectivity index (χ4v) is 4.94. The highest BCUT2D eigenvalue weighted by Crippen LogP contribution is 2.41. The lowest BCUT2D eigenvalue weighted by Crippen LogP contribution is -2.05. The van der Waals surface area contributed by atoms with Gasteiger partial charge in [-0.1, -0.05) is 66.7 Å². The summed E-state index contributed by atoms with van der Waals surface area (Å²) in [4.78, 5) is 0. The maximum Gasteiger partial charge on any atom is 0.128 e. The molecule has 0 heterocycles. The molecule has 0 aromatic heterocycles. The fraction of sp³-hybridized carbons (Fsp3) is 0.0270. The summed E-state index contributed by atoms with van der Waals surface area (Å²) < 4.78 is 12.2. The van der Waals surface area contributed by atoms with Crippen LogP contribution in [0.25, 0.3) is 11.1 Å². The lowest BCUT2D eigenvalue weighted by molar-refractivity contribution is 0.453. The topological polar surface area (TPSA) is 79.2 Å². The van der Waals surface area contributed by atoms with Gasteiger partial charge in [0, 0.05) is 11.5 Å². The maximum atomic E-state index is 11.2. The molecule has 42 heavy (non-hydrogen) atoms. The van der Waals surface area contributed by atoms with Gasteiger partial charge in [0.05, 0.1) is 0 Å². The molecule has 0 spiro atoms. The van der Waals surface area contributed by atoms with E-state index in [0.717, 1.165) is 22.3 Å². The molecule has 0 aliphatic rings. The second kappa shape index (κ2) is 11.8. The van der Waals surface area contributed by atoms with Crippen molar-refractivity contribution >= 4 is 0 Å². The van der Waals surface area contributed by atoms with Gasteiger partial charge in [0.2, 0.25) is 0 Å². The third-order valence-electron chi connectivity index (χ3n) is 7.00. The molecule has 0 saturated heterocycles. The van der Waals surface area contributed by atoms with Crippen LogP contribution in [0.15, 0.2) is 146 Å². The summed E-state index contributed by atoms with van der Waals surface area (Å²) in [6, 6.07) is 44.5. The molecule has 206 valence electrons. The molecule has 0 bridgehead atoms. The molecule has 6 aromatic rings. The van der Waals surface area contributed by atoms with Crippen molar-refractivity contribution in [2.45, 2.75) is 5.92 Å². The summed E-state index contributed by atoms with van der Waals surface area (Å²) in [5, 5.41) is 30.4. The first-order valence-corrected chi connectivity index (χ1v) is 13.5. The fourth-order valence-electron chi connectivity index (χ4n) is 4.94. The third-order valence-corrected chi connectivity index (χ3v) is 7.00. The monoisotopic (exact) mass is 552 g/mol. The molecule has 3 N–H and O–H groups in total. The summed E-state index contributed by atoms with van der Waals surface area (Å²) in [5.41, 5.74) is 4.78. The van der Waals surface area contributed by atoms with Crippen LogP contribution in [-0.4, -0.2) is 15.3 Å². The van der Waals surface area contributed by atoms with Gasteiger partial charge in [-0.3, -0.25) is 0 Å². The number of hydrogen-bond acceptors (Lipinski definition) is 5. The van der Waals surface area contributed by atoms with E-state index < -0.39 is 0 Å². The largest absolute Gasteiger partial charge is 0.508 e. The van der Waals surface area contributed by atoms with Crippen LogP contribution in [0.2, 0.25) is 0 Å². The predicted molar refractivity (Wildman–Crippen MR) is 164 cm³/mol. The van der Waals surface area contributed by atoms with Crippen molar-refractivity contribution in [2.24, 2.45) is 0 Å². The number of ether oxygens (including phenoxy) is 2. The number of phenols is 3. The van der Waals surface area contributed by atoms with Gasteiger partial charge in [-0.15, -0.1) is 0 Å². The minimum absolute atomic E-state index is 0.134. The summed E-state index contributed by atoms with van der Waals surface area (Å²) in [6.07, 6.45) is 0. The second-order valence-electron chi connectivity index (χ2n) is 9.91. The molecule has 0 aliphatic carbocycles. The lowest BCUT2D eigenvalue weighted by Gasteiger charge is -2.22. The van der Waals surface area contributed by atoms with Gasteiger partial charge in [0.1, 0.15) is 40.2 Å². The summed E-state index contributed by atoms with van der Waals surface area (Å²) >= 11 is 0. The van der Waals surface area contributed by atoms with Crippen molar-refractivity contribution in [1.29, 1.82) is 0 Å². The molecule has 5 nitrogen and oxygen atoms in total. The number of aromatic hydroxyl groups is 3. The van der Waals surface area contributed by atoms with Gasteiger partial charge >= 0.3 is 0 Å². The van der Waals surface area contributed by atoms with E-state index in [4.69, 9.17) is 9.47 Å². The third kappa shape index (κ3) is 6.06. The number of benzene rings is 6. The van der Waals surface area contributed by atoms with E-state index in [1.54, 1.807) is 60.7 Å². The molecule has 1 atom stereocenters. The standard InChI is InChI=1S/C37H28O5/c38-29-13-17-31(18-14-29)41-33-8-4-7-28(23-33)37(27-11-9-26(10-12-27)25-5-2-1-3-6-25)35-24-34(21-22-36(35)40)42-32-19-15-30(39)16-20-32/h1-24,37-40H. The molecule has 6 rings (SSSR count). The molecular formula is C37H28O5. The number of rotatable bonds is 8. The smallest absolute Gasteiger partial charge is 0.128 e. The zero-order chi connectivity index (χ0) is 28.9. The van der Waals surface area contributed by atoms with Crippen LogP contribution in [-0.2, 0) is 0 Å². The van der Waals surface area contributed by atoms with Crippen molar-refractivity contribution in [3.63, 3.8) is 0 Å². The van der Waals surface area contributed by atoms with Crippen molar-refractivity contribution in [3.05, 3.63) is 162 Å². The molecular weight excluding hydrogens is 524 g/mol. The van der Waals surface area contributed by atoms with Gasteiger partial charge in [-0.05, 0) is 101 Å². The van der Waals surface area contributed by atoms with E-state index in [2.05, 4.69) is 36.4 Å². The van der Waals surface area contributed by atoms with Gasteiger partial charge < -0.3 is 24.8 Å². The van der Waals surface area contributed by atoms with Crippen LogP contribution in [0.1, 0.15) is 22.6 Å². The van der Waals surface area contributed by atoms with E-state index in [-0.39, 0.29) is 23.2 Å². The summed E-state index contributed by atoms with van der Waals surface area (Å²) in [5.74, 6) is 2.45. The van der Waals surface area contributed by atoms with Crippen LogP contribution < -0.4 is 9.47 Å². The van der Waals surface area contributed by atoms with Crippen LogP contribution >= 0.6 is 0 Å². The highest BCUT2D eigenvalue weighted by molar-refractivity contribution is 5.64. The molecule has 0 aliphatic heterocycles. The normalized spacial score (nSPS) is 11.5. The average Bonchev–Trinajstić information content (AvgIpc) is 3.02. The Labute approximate surface area is 244 Å². The highest BCUT2D eigenvalue weighted by Gasteiger charge is 2.22. The van der Waals surface area contributed by atoms with E-state index in [9.17, 15) is 15.3 Å². The molecule has 0 amide bonds. The zero-order valence-electron chi connectivity index (χ0n) is 22.6. The number of hydrogen-bond donors (Lipinski definition) is 3. The van der Waals surface area contributed by atoms with Crippen LogP contribution in [0.4, 0.5) is 0 Å². The predicted octanol–water partition coefficient (Wildman–Crippen LogP) is 9.24. The Morgan fingerprint density at radius 2 is 0.952 bits per heavy atom. The summed E-state index contributed by atoms with van der Waals surface area (Å²) in [7, 11) is 0. The minimum Gasteiger partial charge on any atom is -0.508 e. The van der Waals surface area contributed by atoms with Crippen molar-refractivity contribution in [3.8, 4) is 51.4 Å². The van der Waals surface area contributed by atoms with Crippen molar-refractivity contribution in [1.82, 2.24) is 0 Å². The van der Waals surface area contributed by atoms with Crippen molar-refractivity contribution < 1.29 is 24.8 Å². The Balaban J connectivity index is 1.41. The van der Waals surface area contributed by atoms with Crippen molar-refractivity contribution in [2.75, 3.05) is 0 Å². The Bertz CT molecular complexity index is 1780. The maximum absolute atomic E-state index is 11.2. The van der Waals surface area contributed by atoms with Gasteiger partial charge in [0.15, 0.2) is 0 Å². The van der Waals surface area contributed by atoms with Gasteiger partial charge in [0.25, 0.3) is 0 Å². The molecule has 1 unspecified atom stereocenters. The Morgan fingerprint density at radius 3 is 1.57 bits per heavy atom. The molecule has 0 saturated carbocycles. The Kier molecular flexibility index (Phi) is 7.47. The van der Waals surface area contributed by atoms with E-state index >= 15 is 0 Å². The first kappa shape index (κ1) is 26.5. The number of phenolic OH excluding ortho intramolecular Hbond substituents is 3. The average molecular weight is 553 g/mol. The SMILES string of the molecule is Oc1ccc(Oc2cccc(C(c3ccc(-c4ccccc4)cc3)c3cc(Oc4ccc(O)cc4)ccc3O)c2)cc1. The van der Waals surface area contributed by atoms with E-state index in [0.29, 0.717) is 28.6 Å². The van der Waals surface area contributed by atoms with E-state index in [1.807, 2.05) is 48.5 Å². The first-order valence-electron chi connectivity index (χ1n) is 13.5. The zero-order valence-corrected chi connectivity index (χ0v) is 22.6. The van der Waals surface area contributed by atoms with Crippen LogP contribution in [0.3, 0.4) is 0 Å². The second-order valence-corrected chi connectivity index (χ2v) is 9.91. The lowest BCUT2D eigenvalue weighted by atomic mass is 9.84. The van der Waals surface area contributed by atoms with Crippen LogP contribution in [0.5, 0.6) is 40.2 Å². The molecule has 0 fully saturated rings. The van der Waals surface area contributed by atoms with Crippen LogP contribution in [0, 0.1) is 0 Å². The molecule has 0 radical (unpaired) electrons. The highest BCUT2D eigenvalue weighted by atomic mass is 16.5. The van der Waals surface area contributed by atoms with Gasteiger partial charge in [-0.25, -0.2) is 0 Å². The molecule has 6 aromatic carbocycles. The van der Waals surface area contributed by atoms with Gasteiger partial charge in [-0.2, -0.15) is 0 Å². The molecule has 5 heteroatoms. The quantitative estimate of drug-likeness (QED) is 0.164. The Morgan fingerprint density at radius 1 is 0.405 bits per heavy atom. The first-order chi connectivity index (χ1) is 20.5. The Hall–Kier alpha value is -5.68. The summed E-state index contributed by atoms with van der Waals surface area (Å²) in [6.45, 7) is 0.